The number of fused-ring (bicyclic) bond motifs is 1. The molecule has 0 unspecified atom stereocenters. The van der Waals surface area contributed by atoms with Gasteiger partial charge in [0.1, 0.15) is 10.6 Å². The zero-order valence-corrected chi connectivity index (χ0v) is 15.1. The van der Waals surface area contributed by atoms with Crippen LogP contribution in [0.3, 0.4) is 0 Å². The minimum atomic E-state index is -3.96. The number of benzene rings is 3. The van der Waals surface area contributed by atoms with Crippen LogP contribution in [-0.2, 0) is 10.1 Å². The van der Waals surface area contributed by atoms with E-state index >= 15 is 0 Å². The van der Waals surface area contributed by atoms with Gasteiger partial charge in [-0.15, -0.1) is 0 Å². The van der Waals surface area contributed by atoms with Gasteiger partial charge in [-0.2, -0.15) is 13.5 Å². The lowest BCUT2D eigenvalue weighted by Crippen LogP contribution is -2.23. The quantitative estimate of drug-likeness (QED) is 0.304. The van der Waals surface area contributed by atoms with Gasteiger partial charge in [-0.25, -0.2) is 0 Å². The van der Waals surface area contributed by atoms with E-state index in [1.54, 1.807) is 36.4 Å². The molecule has 3 rings (SSSR count). The van der Waals surface area contributed by atoms with Crippen LogP contribution < -0.4 is 15.3 Å². The van der Waals surface area contributed by atoms with Crippen molar-refractivity contribution in [1.29, 1.82) is 0 Å². The van der Waals surface area contributed by atoms with Crippen LogP contribution >= 0.6 is 12.2 Å². The minimum absolute atomic E-state index is 0.0348. The van der Waals surface area contributed by atoms with Crippen LogP contribution in [-0.4, -0.2) is 19.7 Å². The van der Waals surface area contributed by atoms with Crippen molar-refractivity contribution in [3.63, 3.8) is 0 Å². The third-order valence-corrected chi connectivity index (χ3v) is 4.80. The van der Waals surface area contributed by atoms with Crippen molar-refractivity contribution >= 4 is 44.4 Å². The highest BCUT2D eigenvalue weighted by atomic mass is 32.2. The molecular weight excluding hydrogens is 370 g/mol. The number of rotatable bonds is 5. The van der Waals surface area contributed by atoms with Crippen molar-refractivity contribution in [3.05, 3.63) is 72.3 Å². The van der Waals surface area contributed by atoms with Crippen molar-refractivity contribution in [1.82, 2.24) is 5.43 Å². The molecule has 0 radical (unpaired) electrons. The molecule has 0 heterocycles. The van der Waals surface area contributed by atoms with Crippen molar-refractivity contribution in [2.24, 2.45) is 10.8 Å². The highest BCUT2D eigenvalue weighted by molar-refractivity contribution is 7.87. The zero-order chi connectivity index (χ0) is 18.6. The summed E-state index contributed by atoms with van der Waals surface area (Å²) in [5, 5.41) is 5.63. The Morgan fingerprint density at radius 1 is 1.04 bits per heavy atom. The molecule has 0 amide bonds. The molecule has 26 heavy (non-hydrogen) atoms. The lowest BCUT2D eigenvalue weighted by Gasteiger charge is -2.08. The molecule has 3 N–H and O–H groups in total. The molecule has 0 saturated carbocycles. The Hall–Kier alpha value is -2.97. The molecule has 3 aromatic carbocycles. The second-order valence-corrected chi connectivity index (χ2v) is 7.34. The van der Waals surface area contributed by atoms with E-state index in [-0.39, 0.29) is 15.8 Å². The third-order valence-electron chi connectivity index (χ3n) is 3.46. The molecular formula is C18H15N3O3S2. The summed E-state index contributed by atoms with van der Waals surface area (Å²) in [6.45, 7) is 0. The monoisotopic (exact) mass is 385 g/mol. The second kappa shape index (κ2) is 7.51. The van der Waals surface area contributed by atoms with E-state index < -0.39 is 10.1 Å². The van der Waals surface area contributed by atoms with Gasteiger partial charge in [0, 0.05) is 0 Å². The Bertz CT molecular complexity index is 1100. The van der Waals surface area contributed by atoms with Gasteiger partial charge in [0.25, 0.3) is 0 Å². The molecule has 0 aliphatic carbocycles. The molecule has 0 saturated heterocycles. The molecule has 0 aliphatic rings. The Kier molecular flexibility index (Phi) is 5.15. The van der Waals surface area contributed by atoms with E-state index in [1.807, 2.05) is 24.3 Å². The van der Waals surface area contributed by atoms with Gasteiger partial charge in [0.15, 0.2) is 5.11 Å². The van der Waals surface area contributed by atoms with E-state index in [0.717, 1.165) is 10.8 Å². The minimum Gasteiger partial charge on any atom is -0.379 e. The summed E-state index contributed by atoms with van der Waals surface area (Å²) in [6.07, 6.45) is 1.45. The van der Waals surface area contributed by atoms with Gasteiger partial charge in [-0.1, -0.05) is 42.5 Å². The summed E-state index contributed by atoms with van der Waals surface area (Å²) in [4.78, 5) is 0.0883. The topological polar surface area (TPSA) is 93.8 Å². The molecule has 0 atom stereocenters. The summed E-state index contributed by atoms with van der Waals surface area (Å²) < 4.78 is 30.4. The van der Waals surface area contributed by atoms with Gasteiger partial charge in [0.05, 0.1) is 6.21 Å². The lowest BCUT2D eigenvalue weighted by molar-refractivity contribution is 0.486. The zero-order valence-electron chi connectivity index (χ0n) is 13.5. The molecule has 3 aromatic rings. The van der Waals surface area contributed by atoms with E-state index in [2.05, 4.69) is 22.7 Å². The van der Waals surface area contributed by atoms with Crippen LogP contribution in [0.1, 0.15) is 5.56 Å². The molecule has 132 valence electrons. The average molecular weight is 385 g/mol. The molecule has 0 aliphatic heterocycles. The van der Waals surface area contributed by atoms with Crippen LogP contribution in [0.15, 0.2) is 76.7 Å². The smallest absolute Gasteiger partial charge is 0.339 e. The Balaban J connectivity index is 1.84. The number of nitrogens with one attached hydrogen (secondary N) is 1. The lowest BCUT2D eigenvalue weighted by atomic mass is 10.1. The van der Waals surface area contributed by atoms with Gasteiger partial charge in [0.2, 0.25) is 0 Å². The summed E-state index contributed by atoms with van der Waals surface area (Å²) in [6, 6.07) is 18.9. The van der Waals surface area contributed by atoms with E-state index in [9.17, 15) is 8.42 Å². The molecule has 8 heteroatoms. The molecule has 0 fully saturated rings. The van der Waals surface area contributed by atoms with Crippen LogP contribution in [0.2, 0.25) is 0 Å². The number of hydrazone groups is 1. The van der Waals surface area contributed by atoms with E-state index in [0.29, 0.717) is 5.56 Å². The summed E-state index contributed by atoms with van der Waals surface area (Å²) in [5.74, 6) is 0.178. The van der Waals surface area contributed by atoms with Crippen molar-refractivity contribution in [2.45, 2.75) is 4.90 Å². The Labute approximate surface area is 156 Å². The van der Waals surface area contributed by atoms with E-state index in [4.69, 9.17) is 9.92 Å². The normalized spacial score (nSPS) is 11.5. The van der Waals surface area contributed by atoms with Crippen molar-refractivity contribution in [3.8, 4) is 5.75 Å². The number of nitrogens with zero attached hydrogens (tertiary/aromatic N) is 1. The van der Waals surface area contributed by atoms with Crippen LogP contribution in [0.4, 0.5) is 0 Å². The van der Waals surface area contributed by atoms with Crippen molar-refractivity contribution < 1.29 is 12.6 Å². The fraction of sp³-hybridized carbons (Fsp3) is 0. The Morgan fingerprint density at radius 3 is 2.58 bits per heavy atom. The summed E-state index contributed by atoms with van der Waals surface area (Å²) >= 11 is 4.64. The predicted octanol–water partition coefficient (Wildman–Crippen LogP) is 2.77. The maximum atomic E-state index is 12.6. The maximum absolute atomic E-state index is 12.6. The first-order chi connectivity index (χ1) is 12.4. The maximum Gasteiger partial charge on any atom is 0.339 e. The summed E-state index contributed by atoms with van der Waals surface area (Å²) in [7, 11) is -3.96. The highest BCUT2D eigenvalue weighted by Gasteiger charge is 2.17. The molecule has 6 nitrogen and oxygen atoms in total. The number of hydrogen-bond donors (Lipinski definition) is 2. The van der Waals surface area contributed by atoms with Crippen LogP contribution in [0.25, 0.3) is 10.8 Å². The third kappa shape index (κ3) is 4.35. The van der Waals surface area contributed by atoms with Gasteiger partial charge >= 0.3 is 10.1 Å². The Morgan fingerprint density at radius 2 is 1.81 bits per heavy atom. The highest BCUT2D eigenvalue weighted by Crippen LogP contribution is 2.23. The molecule has 0 spiro atoms. The van der Waals surface area contributed by atoms with Crippen LogP contribution in [0, 0.1) is 0 Å². The predicted molar refractivity (Wildman–Crippen MR) is 106 cm³/mol. The fourth-order valence-electron chi connectivity index (χ4n) is 2.31. The number of nitrogens with two attached hydrogens (primary N) is 1. The van der Waals surface area contributed by atoms with Gasteiger partial charge in [-0.3, -0.25) is 5.43 Å². The summed E-state index contributed by atoms with van der Waals surface area (Å²) in [5.41, 5.74) is 8.33. The first-order valence-electron chi connectivity index (χ1n) is 7.56. The largest absolute Gasteiger partial charge is 0.379 e. The first-order valence-corrected chi connectivity index (χ1v) is 9.37. The molecule has 0 bridgehead atoms. The van der Waals surface area contributed by atoms with Gasteiger partial charge in [-0.05, 0) is 52.8 Å². The van der Waals surface area contributed by atoms with Crippen LogP contribution in [0.5, 0.6) is 5.75 Å². The van der Waals surface area contributed by atoms with Crippen molar-refractivity contribution in [2.75, 3.05) is 0 Å². The first kappa shape index (κ1) is 17.8. The average Bonchev–Trinajstić information content (AvgIpc) is 2.61. The fourth-order valence-corrected chi connectivity index (χ4v) is 3.33. The van der Waals surface area contributed by atoms with Gasteiger partial charge < -0.3 is 9.92 Å². The number of hydrogen-bond acceptors (Lipinski definition) is 5. The molecule has 0 aromatic heterocycles. The SMILES string of the molecule is NC(=S)N/N=C\c1cccc(OS(=O)(=O)c2ccc3ccccc3c2)c1. The standard InChI is InChI=1S/C18H15N3O3S2/c19-18(25)21-20-12-13-4-3-7-16(10-13)24-26(22,23)17-9-8-14-5-1-2-6-15(14)11-17/h1-12H,(H3,19,21,25)/b20-12-. The van der Waals surface area contributed by atoms with E-state index in [1.165, 1.54) is 12.3 Å². The second-order valence-electron chi connectivity index (χ2n) is 5.35. The number of thiocarbonyl (C=S) groups is 1.